The number of para-hydroxylation sites is 1. The summed E-state index contributed by atoms with van der Waals surface area (Å²) in [5.41, 5.74) is 8.61. The molecule has 3 N–H and O–H groups in total. The molecule has 5 nitrogen and oxygen atoms in total. The highest BCUT2D eigenvalue weighted by atomic mass is 35.5. The van der Waals surface area contributed by atoms with Gasteiger partial charge in [0, 0.05) is 28.8 Å². The topological polar surface area (TPSA) is 71.3 Å². The van der Waals surface area contributed by atoms with Crippen molar-refractivity contribution in [3.8, 4) is 5.75 Å². The molecule has 4 rings (SSSR count). The lowest BCUT2D eigenvalue weighted by molar-refractivity contribution is 0.0987. The van der Waals surface area contributed by atoms with Crippen molar-refractivity contribution in [3.05, 3.63) is 64.1 Å². The van der Waals surface area contributed by atoms with Crippen LogP contribution in [-0.4, -0.2) is 41.5 Å². The maximum atomic E-state index is 14.1. The third-order valence-corrected chi connectivity index (χ3v) is 6.22. The lowest BCUT2D eigenvalue weighted by Gasteiger charge is -2.35. The smallest absolute Gasteiger partial charge is 0.249 e. The third kappa shape index (κ3) is 4.66. The van der Waals surface area contributed by atoms with E-state index >= 15 is 0 Å². The first-order valence-electron chi connectivity index (χ1n) is 10.2. The molecule has 0 aliphatic carbocycles. The average Bonchev–Trinajstić information content (AvgIpc) is 3.15. The minimum Gasteiger partial charge on any atom is -0.489 e. The number of primary amides is 1. The Hall–Kier alpha value is -2.28. The summed E-state index contributed by atoms with van der Waals surface area (Å²) in [5.74, 6) is -0.847. The molecule has 0 spiro atoms. The van der Waals surface area contributed by atoms with Gasteiger partial charge in [-0.3, -0.25) is 9.69 Å². The summed E-state index contributed by atoms with van der Waals surface area (Å²) in [7, 11) is 0. The van der Waals surface area contributed by atoms with Gasteiger partial charge in [-0.1, -0.05) is 30.7 Å². The van der Waals surface area contributed by atoms with Gasteiger partial charge in [0.1, 0.15) is 6.61 Å². The molecule has 0 saturated heterocycles. The Morgan fingerprint density at radius 3 is 2.90 bits per heavy atom. The van der Waals surface area contributed by atoms with Gasteiger partial charge in [-0.25, -0.2) is 4.39 Å². The molecule has 1 amide bonds. The SMILES string of the molecule is CCN(CCCc1c[nH]c2c(Cl)cccc12)C1COc2c(F)ccc(C(N)=O)c2C1.Cl. The van der Waals surface area contributed by atoms with Gasteiger partial charge in [0.15, 0.2) is 11.6 Å². The highest BCUT2D eigenvalue weighted by Gasteiger charge is 2.29. The van der Waals surface area contributed by atoms with Crippen LogP contribution < -0.4 is 10.5 Å². The molecule has 1 aliphatic rings. The van der Waals surface area contributed by atoms with E-state index in [2.05, 4.69) is 22.9 Å². The molecule has 3 aromatic rings. The van der Waals surface area contributed by atoms with E-state index in [0.29, 0.717) is 24.2 Å². The predicted octanol–water partition coefficient (Wildman–Crippen LogP) is 4.74. The van der Waals surface area contributed by atoms with Gasteiger partial charge in [-0.15, -0.1) is 12.4 Å². The normalized spacial score (nSPS) is 15.4. The molecule has 1 atom stereocenters. The predicted molar refractivity (Wildman–Crippen MR) is 124 cm³/mol. The number of fused-ring (bicyclic) bond motifs is 2. The number of likely N-dealkylation sites (N-methyl/N-ethyl adjacent to an activating group) is 1. The standard InChI is InChI=1S/C23H25ClFN3O2.ClH/c1-2-28(10-4-5-14-12-27-21-16(14)6-3-7-19(21)24)15-11-18-17(23(26)29)8-9-20(25)22(18)30-13-15;/h3,6-9,12,15,27H,2,4-5,10-11,13H2,1H3,(H2,26,29);1H. The van der Waals surface area contributed by atoms with Crippen LogP contribution in [0.1, 0.15) is 34.8 Å². The number of benzene rings is 2. The number of nitrogens with two attached hydrogens (primary N) is 1. The van der Waals surface area contributed by atoms with Crippen LogP contribution in [0.15, 0.2) is 36.5 Å². The molecule has 0 bridgehead atoms. The lowest BCUT2D eigenvalue weighted by Crippen LogP contribution is -2.44. The van der Waals surface area contributed by atoms with E-state index in [1.54, 1.807) is 0 Å². The van der Waals surface area contributed by atoms with Crippen molar-refractivity contribution in [2.45, 2.75) is 32.2 Å². The van der Waals surface area contributed by atoms with E-state index in [1.807, 2.05) is 18.3 Å². The van der Waals surface area contributed by atoms with E-state index in [0.717, 1.165) is 41.9 Å². The van der Waals surface area contributed by atoms with E-state index in [-0.39, 0.29) is 24.2 Å². The van der Waals surface area contributed by atoms with Crippen molar-refractivity contribution >= 4 is 40.8 Å². The van der Waals surface area contributed by atoms with Gasteiger partial charge in [0.25, 0.3) is 0 Å². The maximum absolute atomic E-state index is 14.1. The number of hydrogen-bond donors (Lipinski definition) is 2. The van der Waals surface area contributed by atoms with Crippen LogP contribution in [0.2, 0.25) is 5.02 Å². The molecule has 0 saturated carbocycles. The number of aryl methyl sites for hydroxylation is 1. The first-order chi connectivity index (χ1) is 14.5. The Labute approximate surface area is 192 Å². The molecule has 8 heteroatoms. The third-order valence-electron chi connectivity index (χ3n) is 5.90. The summed E-state index contributed by atoms with van der Waals surface area (Å²) in [4.78, 5) is 17.4. The van der Waals surface area contributed by atoms with Crippen LogP contribution in [-0.2, 0) is 12.8 Å². The van der Waals surface area contributed by atoms with Crippen LogP contribution in [0, 0.1) is 5.82 Å². The number of aromatic nitrogens is 1. The van der Waals surface area contributed by atoms with Gasteiger partial charge >= 0.3 is 0 Å². The maximum Gasteiger partial charge on any atom is 0.249 e. The second-order valence-corrected chi connectivity index (χ2v) is 8.05. The molecule has 31 heavy (non-hydrogen) atoms. The zero-order valence-electron chi connectivity index (χ0n) is 17.3. The van der Waals surface area contributed by atoms with Gasteiger partial charge in [0.05, 0.1) is 10.5 Å². The monoisotopic (exact) mass is 465 g/mol. The van der Waals surface area contributed by atoms with Crippen LogP contribution in [0.5, 0.6) is 5.75 Å². The Morgan fingerprint density at radius 2 is 2.16 bits per heavy atom. The van der Waals surface area contributed by atoms with Crippen molar-refractivity contribution in [2.24, 2.45) is 5.73 Å². The number of carbonyl (C=O) groups excluding carboxylic acids is 1. The Morgan fingerprint density at radius 1 is 1.35 bits per heavy atom. The number of nitrogens with one attached hydrogen (secondary N) is 1. The molecule has 2 heterocycles. The summed E-state index contributed by atoms with van der Waals surface area (Å²) >= 11 is 6.25. The Kier molecular flexibility index (Phi) is 7.46. The molecule has 2 aromatic carbocycles. The summed E-state index contributed by atoms with van der Waals surface area (Å²) in [6, 6.07) is 8.68. The summed E-state index contributed by atoms with van der Waals surface area (Å²) in [6.45, 7) is 4.20. The molecule has 0 radical (unpaired) electrons. The van der Waals surface area contributed by atoms with Crippen molar-refractivity contribution in [2.75, 3.05) is 19.7 Å². The zero-order valence-corrected chi connectivity index (χ0v) is 18.9. The fourth-order valence-corrected chi connectivity index (χ4v) is 4.58. The van der Waals surface area contributed by atoms with Crippen LogP contribution >= 0.6 is 24.0 Å². The minimum absolute atomic E-state index is 0. The van der Waals surface area contributed by atoms with E-state index < -0.39 is 11.7 Å². The second-order valence-electron chi connectivity index (χ2n) is 7.64. The number of ether oxygens (including phenoxy) is 1. The number of nitrogens with zero attached hydrogens (tertiary/aromatic N) is 1. The van der Waals surface area contributed by atoms with Crippen molar-refractivity contribution in [3.63, 3.8) is 0 Å². The van der Waals surface area contributed by atoms with E-state index in [4.69, 9.17) is 22.1 Å². The number of rotatable bonds is 7. The highest BCUT2D eigenvalue weighted by Crippen LogP contribution is 2.32. The Balaban J connectivity index is 0.00000272. The van der Waals surface area contributed by atoms with Gasteiger partial charge in [-0.2, -0.15) is 0 Å². The average molecular weight is 466 g/mol. The number of H-pyrrole nitrogens is 1. The van der Waals surface area contributed by atoms with Crippen molar-refractivity contribution in [1.82, 2.24) is 9.88 Å². The quantitative estimate of drug-likeness (QED) is 0.529. The molecule has 0 fully saturated rings. The van der Waals surface area contributed by atoms with Gasteiger partial charge in [-0.05, 0) is 56.1 Å². The highest BCUT2D eigenvalue weighted by molar-refractivity contribution is 6.35. The Bertz CT molecular complexity index is 1090. The van der Waals surface area contributed by atoms with E-state index in [1.165, 1.54) is 17.7 Å². The summed E-state index contributed by atoms with van der Waals surface area (Å²) in [6.07, 6.45) is 4.45. The molecule has 1 unspecified atom stereocenters. The summed E-state index contributed by atoms with van der Waals surface area (Å²) < 4.78 is 19.9. The number of halogens is 3. The van der Waals surface area contributed by atoms with Crippen LogP contribution in [0.4, 0.5) is 4.39 Å². The first-order valence-corrected chi connectivity index (χ1v) is 10.6. The minimum atomic E-state index is -0.559. The number of hydrogen-bond acceptors (Lipinski definition) is 3. The molecule has 166 valence electrons. The van der Waals surface area contributed by atoms with Crippen molar-refractivity contribution < 1.29 is 13.9 Å². The van der Waals surface area contributed by atoms with Gasteiger partial charge in [0.2, 0.25) is 5.91 Å². The number of amides is 1. The second kappa shape index (κ2) is 9.90. The number of aromatic amines is 1. The van der Waals surface area contributed by atoms with Crippen LogP contribution in [0.3, 0.4) is 0 Å². The zero-order chi connectivity index (χ0) is 21.3. The molecule has 1 aliphatic heterocycles. The number of carbonyl (C=O) groups is 1. The summed E-state index contributed by atoms with van der Waals surface area (Å²) in [5, 5.41) is 1.88. The molecular formula is C23H26Cl2FN3O2. The largest absolute Gasteiger partial charge is 0.489 e. The molecule has 1 aromatic heterocycles. The van der Waals surface area contributed by atoms with Crippen molar-refractivity contribution in [1.29, 1.82) is 0 Å². The lowest BCUT2D eigenvalue weighted by atomic mass is 9.95. The fourth-order valence-electron chi connectivity index (χ4n) is 4.35. The van der Waals surface area contributed by atoms with Crippen LogP contribution in [0.25, 0.3) is 10.9 Å². The first kappa shape index (κ1) is 23.4. The van der Waals surface area contributed by atoms with Gasteiger partial charge < -0.3 is 15.5 Å². The molecular weight excluding hydrogens is 440 g/mol. The van der Waals surface area contributed by atoms with E-state index in [9.17, 15) is 9.18 Å². The fraction of sp³-hybridized carbons (Fsp3) is 0.348.